The normalized spacial score (nSPS) is 11.1. The quantitative estimate of drug-likeness (QED) is 0.240. The Morgan fingerprint density at radius 2 is 2.13 bits per heavy atom. The molecule has 0 aliphatic rings. The average molecular weight is 439 g/mol. The van der Waals surface area contributed by atoms with Crippen LogP contribution in [-0.2, 0) is 16.1 Å². The third-order valence-electron chi connectivity index (χ3n) is 2.87. The number of ether oxygens (including phenoxy) is 1. The number of hydrogen-bond acceptors (Lipinski definition) is 5. The van der Waals surface area contributed by atoms with Gasteiger partial charge in [0.05, 0.1) is 25.4 Å². The van der Waals surface area contributed by atoms with E-state index in [0.717, 1.165) is 11.5 Å². The molecule has 23 heavy (non-hydrogen) atoms. The highest BCUT2D eigenvalue weighted by Gasteiger charge is 2.08. The lowest BCUT2D eigenvalue weighted by Crippen LogP contribution is -2.43. The lowest BCUT2D eigenvalue weighted by atomic mass is 10.1. The van der Waals surface area contributed by atoms with Crippen LogP contribution in [0.4, 0.5) is 0 Å². The summed E-state index contributed by atoms with van der Waals surface area (Å²) in [6, 6.07) is 1.91. The first kappa shape index (κ1) is 21.6. The van der Waals surface area contributed by atoms with E-state index in [-0.39, 0.29) is 36.4 Å². The molecule has 0 aliphatic carbocycles. The van der Waals surface area contributed by atoms with Crippen molar-refractivity contribution in [3.05, 3.63) is 17.5 Å². The summed E-state index contributed by atoms with van der Waals surface area (Å²) in [4.78, 5) is 15.6. The number of amides is 1. The number of carbonyl (C=O) groups is 1. The highest BCUT2D eigenvalue weighted by Crippen LogP contribution is 2.13. The molecule has 0 radical (unpaired) electrons. The fraction of sp³-hybridized carbons (Fsp3) is 0.643. The second-order valence-electron chi connectivity index (χ2n) is 4.99. The molecule has 1 amide bonds. The molecule has 0 aromatic carbocycles. The van der Waals surface area contributed by atoms with Crippen LogP contribution < -0.4 is 16.0 Å². The van der Waals surface area contributed by atoms with Gasteiger partial charge in [0.1, 0.15) is 0 Å². The van der Waals surface area contributed by atoms with E-state index < -0.39 is 0 Å². The number of nitrogens with zero attached hydrogens (tertiary/aromatic N) is 2. The monoisotopic (exact) mass is 439 g/mol. The summed E-state index contributed by atoms with van der Waals surface area (Å²) in [6.45, 7) is 5.67. The minimum Gasteiger partial charge on any atom is -0.383 e. The van der Waals surface area contributed by atoms with Crippen LogP contribution in [0.5, 0.6) is 0 Å². The minimum atomic E-state index is -0.123. The first-order valence-corrected chi connectivity index (χ1v) is 7.22. The van der Waals surface area contributed by atoms with Gasteiger partial charge in [-0.25, -0.2) is 0 Å². The second-order valence-corrected chi connectivity index (χ2v) is 4.99. The predicted octanol–water partition coefficient (Wildman–Crippen LogP) is 0.844. The number of carbonyl (C=O) groups excluding carboxylic acids is 1. The van der Waals surface area contributed by atoms with Crippen LogP contribution in [0, 0.1) is 0 Å². The standard InChI is InChI=1S/C14H25N5O3.HI/c1-10(2)12-7-11(22-19-12)8-17-14(15-3)18-9-13(20)16-5-6-21-4;/h7,10H,5-6,8-9H2,1-4H3,(H,16,20)(H2,15,17,18);1H. The van der Waals surface area contributed by atoms with Gasteiger partial charge in [0.15, 0.2) is 11.7 Å². The van der Waals surface area contributed by atoms with E-state index in [1.165, 1.54) is 0 Å². The molecule has 0 spiro atoms. The van der Waals surface area contributed by atoms with Crippen molar-refractivity contribution in [2.75, 3.05) is 33.9 Å². The average Bonchev–Trinajstić information content (AvgIpc) is 2.97. The van der Waals surface area contributed by atoms with Crippen molar-refractivity contribution in [3.8, 4) is 0 Å². The maximum atomic E-state index is 11.6. The molecule has 0 saturated carbocycles. The van der Waals surface area contributed by atoms with Crippen LogP contribution in [0.1, 0.15) is 31.2 Å². The molecule has 0 saturated heterocycles. The number of aromatic nitrogens is 1. The van der Waals surface area contributed by atoms with E-state index in [9.17, 15) is 4.79 Å². The lowest BCUT2D eigenvalue weighted by Gasteiger charge is -2.10. The molecule has 1 aromatic rings. The zero-order chi connectivity index (χ0) is 16.4. The van der Waals surface area contributed by atoms with Gasteiger partial charge in [-0.15, -0.1) is 24.0 Å². The summed E-state index contributed by atoms with van der Waals surface area (Å²) in [6.07, 6.45) is 0. The Kier molecular flexibility index (Phi) is 11.4. The molecule has 0 bridgehead atoms. The molecule has 0 unspecified atom stereocenters. The van der Waals surface area contributed by atoms with E-state index >= 15 is 0 Å². The summed E-state index contributed by atoms with van der Waals surface area (Å²) < 4.78 is 10.1. The topological polar surface area (TPSA) is 101 Å². The number of halogens is 1. The molecule has 132 valence electrons. The molecule has 0 fully saturated rings. The van der Waals surface area contributed by atoms with Gasteiger partial charge in [-0.1, -0.05) is 19.0 Å². The summed E-state index contributed by atoms with van der Waals surface area (Å²) in [7, 11) is 3.22. The van der Waals surface area contributed by atoms with Crippen molar-refractivity contribution in [1.82, 2.24) is 21.1 Å². The van der Waals surface area contributed by atoms with E-state index in [2.05, 4.69) is 39.9 Å². The number of methoxy groups -OCH3 is 1. The van der Waals surface area contributed by atoms with Crippen molar-refractivity contribution in [1.29, 1.82) is 0 Å². The van der Waals surface area contributed by atoms with Crippen LogP contribution in [0.25, 0.3) is 0 Å². The smallest absolute Gasteiger partial charge is 0.239 e. The number of nitrogens with one attached hydrogen (secondary N) is 3. The van der Waals surface area contributed by atoms with Crippen LogP contribution in [0.2, 0.25) is 0 Å². The van der Waals surface area contributed by atoms with Gasteiger partial charge in [0.2, 0.25) is 5.91 Å². The first-order valence-electron chi connectivity index (χ1n) is 7.22. The zero-order valence-electron chi connectivity index (χ0n) is 14.0. The van der Waals surface area contributed by atoms with Gasteiger partial charge < -0.3 is 25.2 Å². The Labute approximate surface area is 153 Å². The van der Waals surface area contributed by atoms with Crippen LogP contribution in [0.3, 0.4) is 0 Å². The Morgan fingerprint density at radius 3 is 2.70 bits per heavy atom. The third kappa shape index (κ3) is 8.74. The van der Waals surface area contributed by atoms with Crippen molar-refractivity contribution in [3.63, 3.8) is 0 Å². The van der Waals surface area contributed by atoms with Crippen LogP contribution in [0.15, 0.2) is 15.6 Å². The Balaban J connectivity index is 0.00000484. The Hall–Kier alpha value is -1.36. The van der Waals surface area contributed by atoms with Crippen molar-refractivity contribution in [2.24, 2.45) is 4.99 Å². The Bertz CT molecular complexity index is 491. The summed E-state index contributed by atoms with van der Waals surface area (Å²) >= 11 is 0. The fourth-order valence-electron chi connectivity index (χ4n) is 1.59. The molecule has 1 aromatic heterocycles. The minimum absolute atomic E-state index is 0. The summed E-state index contributed by atoms with van der Waals surface area (Å²) in [5.74, 6) is 1.44. The first-order chi connectivity index (χ1) is 10.6. The molecule has 8 nitrogen and oxygen atoms in total. The number of rotatable bonds is 8. The number of aliphatic imine (C=N–C) groups is 1. The molecule has 0 aliphatic heterocycles. The van der Waals surface area contributed by atoms with E-state index in [4.69, 9.17) is 9.26 Å². The zero-order valence-corrected chi connectivity index (χ0v) is 16.3. The molecular formula is C14H26IN5O3. The number of guanidine groups is 1. The van der Waals surface area contributed by atoms with Gasteiger partial charge in [-0.3, -0.25) is 9.79 Å². The van der Waals surface area contributed by atoms with Crippen molar-refractivity contribution < 1.29 is 14.1 Å². The van der Waals surface area contributed by atoms with E-state index in [0.29, 0.717) is 31.6 Å². The molecule has 0 atom stereocenters. The maximum absolute atomic E-state index is 11.6. The van der Waals surface area contributed by atoms with Gasteiger partial charge in [-0.05, 0) is 5.92 Å². The largest absolute Gasteiger partial charge is 0.383 e. The fourth-order valence-corrected chi connectivity index (χ4v) is 1.59. The van der Waals surface area contributed by atoms with Gasteiger partial charge in [0, 0.05) is 26.8 Å². The molecule has 1 rings (SSSR count). The molecule has 9 heteroatoms. The van der Waals surface area contributed by atoms with Crippen LogP contribution in [-0.4, -0.2) is 50.9 Å². The molecule has 3 N–H and O–H groups in total. The third-order valence-corrected chi connectivity index (χ3v) is 2.87. The highest BCUT2D eigenvalue weighted by molar-refractivity contribution is 14.0. The molecular weight excluding hydrogens is 413 g/mol. The SMILES string of the molecule is CN=C(NCC(=O)NCCOC)NCc1cc(C(C)C)no1.I. The van der Waals surface area contributed by atoms with E-state index in [1.807, 2.05) is 6.07 Å². The number of hydrogen-bond donors (Lipinski definition) is 3. The van der Waals surface area contributed by atoms with Gasteiger partial charge in [0.25, 0.3) is 0 Å². The van der Waals surface area contributed by atoms with Gasteiger partial charge >= 0.3 is 0 Å². The highest BCUT2D eigenvalue weighted by atomic mass is 127. The predicted molar refractivity (Wildman–Crippen MR) is 99.1 cm³/mol. The van der Waals surface area contributed by atoms with Crippen molar-refractivity contribution >= 4 is 35.8 Å². The summed E-state index contributed by atoms with van der Waals surface area (Å²) in [5, 5.41) is 12.7. The maximum Gasteiger partial charge on any atom is 0.239 e. The van der Waals surface area contributed by atoms with Gasteiger partial charge in [-0.2, -0.15) is 0 Å². The Morgan fingerprint density at radius 1 is 1.39 bits per heavy atom. The summed E-state index contributed by atoms with van der Waals surface area (Å²) in [5.41, 5.74) is 0.914. The van der Waals surface area contributed by atoms with E-state index in [1.54, 1.807) is 14.2 Å². The van der Waals surface area contributed by atoms with Crippen molar-refractivity contribution in [2.45, 2.75) is 26.3 Å². The molecule has 1 heterocycles. The van der Waals surface area contributed by atoms with Crippen LogP contribution >= 0.6 is 24.0 Å². The second kappa shape index (κ2) is 12.1. The lowest BCUT2D eigenvalue weighted by molar-refractivity contribution is -0.120.